The van der Waals surface area contributed by atoms with Gasteiger partial charge in [-0.1, -0.05) is 11.6 Å². The smallest absolute Gasteiger partial charge is 0.231 e. The first-order chi connectivity index (χ1) is 17.6. The lowest BCUT2D eigenvalue weighted by Gasteiger charge is -2.28. The topological polar surface area (TPSA) is 88.1 Å². The molecule has 1 unspecified atom stereocenters. The van der Waals surface area contributed by atoms with E-state index in [2.05, 4.69) is 10.1 Å². The van der Waals surface area contributed by atoms with Crippen molar-refractivity contribution in [1.82, 2.24) is 4.90 Å². The minimum Gasteiger partial charge on any atom is -0.496 e. The van der Waals surface area contributed by atoms with Gasteiger partial charge >= 0.3 is 0 Å². The van der Waals surface area contributed by atoms with E-state index in [-0.39, 0.29) is 19.0 Å². The number of piperidine rings is 1. The Kier molecular flexibility index (Phi) is 7.18. The number of oxime groups is 1. The van der Waals surface area contributed by atoms with Crippen LogP contribution in [0.2, 0.25) is 0 Å². The Morgan fingerprint density at radius 1 is 0.917 bits per heavy atom. The molecule has 1 atom stereocenters. The lowest BCUT2D eigenvalue weighted by molar-refractivity contribution is 0.0974. The Morgan fingerprint density at radius 2 is 1.64 bits per heavy atom. The van der Waals surface area contributed by atoms with Crippen molar-refractivity contribution in [3.05, 3.63) is 41.0 Å². The summed E-state index contributed by atoms with van der Waals surface area (Å²) in [7, 11) is 4.67. The van der Waals surface area contributed by atoms with E-state index >= 15 is 0 Å². The predicted octanol–water partition coefficient (Wildman–Crippen LogP) is 4.02. The SMILES string of the molecule is CON=C1c2cc(OC)c(OCCN3CCCCC3)cc2C(=O)CC1c1cc2c(cc1OC)OCO2. The molecular formula is C27H32N2O7. The van der Waals surface area contributed by atoms with Crippen molar-refractivity contribution in [3.63, 3.8) is 0 Å². The van der Waals surface area contributed by atoms with Crippen LogP contribution in [0.5, 0.6) is 28.7 Å². The van der Waals surface area contributed by atoms with Crippen molar-refractivity contribution in [3.8, 4) is 28.7 Å². The second kappa shape index (κ2) is 10.7. The van der Waals surface area contributed by atoms with Gasteiger partial charge in [-0.25, -0.2) is 0 Å². The van der Waals surface area contributed by atoms with E-state index in [9.17, 15) is 4.79 Å². The number of nitrogens with zero attached hydrogens (tertiary/aromatic N) is 2. The summed E-state index contributed by atoms with van der Waals surface area (Å²) in [5.41, 5.74) is 2.58. The first kappa shape index (κ1) is 24.2. The van der Waals surface area contributed by atoms with E-state index in [1.807, 2.05) is 12.1 Å². The van der Waals surface area contributed by atoms with Gasteiger partial charge in [0.1, 0.15) is 19.5 Å². The van der Waals surface area contributed by atoms with Crippen LogP contribution in [-0.2, 0) is 4.84 Å². The zero-order chi connectivity index (χ0) is 25.1. The monoisotopic (exact) mass is 496 g/mol. The molecule has 0 radical (unpaired) electrons. The lowest BCUT2D eigenvalue weighted by atomic mass is 9.77. The fourth-order valence-electron chi connectivity index (χ4n) is 5.18. The second-order valence-corrected chi connectivity index (χ2v) is 9.09. The Bertz CT molecular complexity index is 1160. The minimum atomic E-state index is -0.398. The van der Waals surface area contributed by atoms with Crippen LogP contribution in [-0.4, -0.2) is 70.8 Å². The largest absolute Gasteiger partial charge is 0.496 e. The van der Waals surface area contributed by atoms with Gasteiger partial charge in [0.05, 0.1) is 19.9 Å². The number of Topliss-reactive ketones (excluding diaryl/α,β-unsaturated/α-hetero) is 1. The number of benzene rings is 2. The van der Waals surface area contributed by atoms with Gasteiger partial charge < -0.3 is 28.5 Å². The zero-order valence-electron chi connectivity index (χ0n) is 21.0. The van der Waals surface area contributed by atoms with Crippen molar-refractivity contribution >= 4 is 11.5 Å². The van der Waals surface area contributed by atoms with Gasteiger partial charge in [-0.15, -0.1) is 0 Å². The number of carbonyl (C=O) groups excluding carboxylic acids is 1. The lowest BCUT2D eigenvalue weighted by Crippen LogP contribution is -2.33. The summed E-state index contributed by atoms with van der Waals surface area (Å²) < 4.78 is 28.5. The molecule has 2 heterocycles. The predicted molar refractivity (Wildman–Crippen MR) is 133 cm³/mol. The number of likely N-dealkylation sites (tertiary alicyclic amines) is 1. The number of ether oxygens (including phenoxy) is 5. The maximum atomic E-state index is 13.4. The summed E-state index contributed by atoms with van der Waals surface area (Å²) in [5.74, 6) is 2.49. The van der Waals surface area contributed by atoms with Crippen LogP contribution in [0.4, 0.5) is 0 Å². The maximum absolute atomic E-state index is 13.4. The molecule has 2 aromatic carbocycles. The molecule has 5 rings (SSSR count). The average molecular weight is 497 g/mol. The van der Waals surface area contributed by atoms with E-state index in [0.717, 1.165) is 25.2 Å². The van der Waals surface area contributed by atoms with E-state index in [1.165, 1.54) is 26.4 Å². The molecule has 0 aromatic heterocycles. The molecule has 192 valence electrons. The van der Waals surface area contributed by atoms with Crippen molar-refractivity contribution in [1.29, 1.82) is 0 Å². The summed E-state index contributed by atoms with van der Waals surface area (Å²) in [5, 5.41) is 4.35. The van der Waals surface area contributed by atoms with Crippen LogP contribution < -0.4 is 23.7 Å². The van der Waals surface area contributed by atoms with Crippen LogP contribution in [0, 0.1) is 0 Å². The fraction of sp³-hybridized carbons (Fsp3) is 0.481. The first-order valence-electron chi connectivity index (χ1n) is 12.3. The molecule has 0 saturated carbocycles. The van der Waals surface area contributed by atoms with E-state index in [0.29, 0.717) is 52.2 Å². The molecule has 0 N–H and O–H groups in total. The van der Waals surface area contributed by atoms with Crippen molar-refractivity contribution in [2.45, 2.75) is 31.6 Å². The quantitative estimate of drug-likeness (QED) is 0.507. The molecule has 0 bridgehead atoms. The molecule has 1 saturated heterocycles. The molecule has 3 aliphatic rings. The van der Waals surface area contributed by atoms with Gasteiger partial charge in [-0.2, -0.15) is 0 Å². The summed E-state index contributed by atoms with van der Waals surface area (Å²) in [4.78, 5) is 21.1. The first-order valence-corrected chi connectivity index (χ1v) is 12.3. The third-order valence-corrected chi connectivity index (χ3v) is 7.00. The Morgan fingerprint density at radius 3 is 2.36 bits per heavy atom. The fourth-order valence-corrected chi connectivity index (χ4v) is 5.18. The van der Waals surface area contributed by atoms with Crippen molar-refractivity contribution in [2.24, 2.45) is 5.16 Å². The zero-order valence-corrected chi connectivity index (χ0v) is 21.0. The maximum Gasteiger partial charge on any atom is 0.231 e. The molecule has 2 aliphatic heterocycles. The Hall–Kier alpha value is -3.46. The number of hydrogen-bond donors (Lipinski definition) is 0. The van der Waals surface area contributed by atoms with Gasteiger partial charge in [-0.3, -0.25) is 9.69 Å². The molecule has 2 aromatic rings. The number of methoxy groups -OCH3 is 2. The second-order valence-electron chi connectivity index (χ2n) is 9.09. The van der Waals surface area contributed by atoms with Gasteiger partial charge in [0, 0.05) is 41.6 Å². The third kappa shape index (κ3) is 4.67. The number of carbonyl (C=O) groups is 1. The Balaban J connectivity index is 1.47. The molecular weight excluding hydrogens is 464 g/mol. The van der Waals surface area contributed by atoms with Crippen molar-refractivity contribution < 1.29 is 33.3 Å². The number of ketones is 1. The molecule has 9 heteroatoms. The van der Waals surface area contributed by atoms with E-state index < -0.39 is 5.92 Å². The van der Waals surface area contributed by atoms with Gasteiger partial charge in [0.2, 0.25) is 6.79 Å². The highest BCUT2D eigenvalue weighted by Crippen LogP contribution is 2.46. The van der Waals surface area contributed by atoms with E-state index in [4.69, 9.17) is 28.5 Å². The van der Waals surface area contributed by atoms with Gasteiger partial charge in [0.25, 0.3) is 0 Å². The highest BCUT2D eigenvalue weighted by atomic mass is 16.7. The number of rotatable bonds is 8. The van der Waals surface area contributed by atoms with Gasteiger partial charge in [0.15, 0.2) is 28.8 Å². The van der Waals surface area contributed by atoms with Crippen LogP contribution >= 0.6 is 0 Å². The average Bonchev–Trinajstić information content (AvgIpc) is 3.37. The summed E-state index contributed by atoms with van der Waals surface area (Å²) in [6, 6.07) is 7.21. The molecule has 0 spiro atoms. The molecule has 9 nitrogen and oxygen atoms in total. The molecule has 36 heavy (non-hydrogen) atoms. The van der Waals surface area contributed by atoms with E-state index in [1.54, 1.807) is 26.4 Å². The summed E-state index contributed by atoms with van der Waals surface area (Å²) in [6.45, 7) is 3.72. The van der Waals surface area contributed by atoms with Crippen LogP contribution in [0.15, 0.2) is 29.4 Å². The normalized spacial score (nSPS) is 20.2. The van der Waals surface area contributed by atoms with Crippen molar-refractivity contribution in [2.75, 3.05) is 54.4 Å². The summed E-state index contributed by atoms with van der Waals surface area (Å²) >= 11 is 0. The molecule has 1 fully saturated rings. The molecule has 1 aliphatic carbocycles. The minimum absolute atomic E-state index is 0.0201. The highest BCUT2D eigenvalue weighted by molar-refractivity contribution is 6.19. The standard InChI is InChI=1S/C27H32N2O7/c1-31-22-15-26-25(35-16-36-26)13-18(22)19-11-21(30)17-12-24(34-10-9-29-7-5-4-6-8-29)23(32-2)14-20(17)27(19)28-33-3/h12-15,19H,4-11,16H2,1-3H3. The number of fused-ring (bicyclic) bond motifs is 2. The number of hydrogen-bond acceptors (Lipinski definition) is 9. The van der Waals surface area contributed by atoms with Crippen LogP contribution in [0.3, 0.4) is 0 Å². The van der Waals surface area contributed by atoms with Crippen LogP contribution in [0.1, 0.15) is 53.1 Å². The summed E-state index contributed by atoms with van der Waals surface area (Å²) in [6.07, 6.45) is 3.95. The Labute approximate surface area is 210 Å². The highest BCUT2D eigenvalue weighted by Gasteiger charge is 2.37. The van der Waals surface area contributed by atoms with Gasteiger partial charge in [-0.05, 0) is 44.1 Å². The molecule has 0 amide bonds. The third-order valence-electron chi connectivity index (χ3n) is 7.00. The van der Waals surface area contributed by atoms with Crippen LogP contribution in [0.25, 0.3) is 0 Å².